The zero-order valence-corrected chi connectivity index (χ0v) is 13.2. The molecule has 2 aromatic rings. The topological polar surface area (TPSA) is 78.5 Å². The highest BCUT2D eigenvalue weighted by Gasteiger charge is 2.30. The number of aromatic hydroxyl groups is 1. The highest BCUT2D eigenvalue weighted by atomic mass is 16.5. The lowest BCUT2D eigenvalue weighted by atomic mass is 10.1. The van der Waals surface area contributed by atoms with Crippen LogP contribution in [0.1, 0.15) is 29.1 Å². The molecule has 22 heavy (non-hydrogen) atoms. The average Bonchev–Trinajstić information content (AvgIpc) is 2.91. The maximum absolute atomic E-state index is 9.96. The summed E-state index contributed by atoms with van der Waals surface area (Å²) in [5.74, 6) is 1.54. The van der Waals surface area contributed by atoms with Crippen LogP contribution in [0.25, 0.3) is 0 Å². The van der Waals surface area contributed by atoms with Crippen LogP contribution in [0.15, 0.2) is 16.7 Å². The number of nitrogens with zero attached hydrogens (tertiary/aromatic N) is 5. The summed E-state index contributed by atoms with van der Waals surface area (Å²) in [6.45, 7) is 6.95. The van der Waals surface area contributed by atoms with E-state index in [9.17, 15) is 5.11 Å². The third kappa shape index (κ3) is 3.10. The van der Waals surface area contributed by atoms with E-state index in [1.807, 2.05) is 19.9 Å². The fraction of sp³-hybridized carbons (Fsp3) is 0.533. The van der Waals surface area contributed by atoms with Gasteiger partial charge in [-0.15, -0.1) is 0 Å². The van der Waals surface area contributed by atoms with Gasteiger partial charge in [-0.1, -0.05) is 5.16 Å². The first kappa shape index (κ1) is 14.9. The van der Waals surface area contributed by atoms with Gasteiger partial charge in [0.1, 0.15) is 11.8 Å². The first-order chi connectivity index (χ1) is 10.5. The fourth-order valence-corrected chi connectivity index (χ4v) is 2.72. The van der Waals surface area contributed by atoms with E-state index in [-0.39, 0.29) is 11.8 Å². The van der Waals surface area contributed by atoms with E-state index in [1.54, 1.807) is 6.07 Å². The second-order valence-corrected chi connectivity index (χ2v) is 5.83. The van der Waals surface area contributed by atoms with Gasteiger partial charge in [0, 0.05) is 31.9 Å². The van der Waals surface area contributed by atoms with Gasteiger partial charge in [-0.2, -0.15) is 4.98 Å². The maximum Gasteiger partial charge on any atom is 0.245 e. The molecular formula is C15H21N5O2. The summed E-state index contributed by atoms with van der Waals surface area (Å²) >= 11 is 0. The molecule has 7 heteroatoms. The van der Waals surface area contributed by atoms with Crippen LogP contribution in [0.2, 0.25) is 0 Å². The molecule has 1 N–H and O–H groups in total. The molecule has 0 amide bonds. The smallest absolute Gasteiger partial charge is 0.245 e. The van der Waals surface area contributed by atoms with E-state index in [1.165, 1.54) is 0 Å². The van der Waals surface area contributed by atoms with E-state index in [0.29, 0.717) is 24.0 Å². The van der Waals surface area contributed by atoms with Crippen molar-refractivity contribution < 1.29 is 9.63 Å². The van der Waals surface area contributed by atoms with Gasteiger partial charge >= 0.3 is 0 Å². The number of rotatable bonds is 3. The first-order valence-corrected chi connectivity index (χ1v) is 7.41. The number of pyridine rings is 1. The summed E-state index contributed by atoms with van der Waals surface area (Å²) < 4.78 is 5.32. The van der Waals surface area contributed by atoms with E-state index in [2.05, 4.69) is 32.0 Å². The van der Waals surface area contributed by atoms with Crippen molar-refractivity contribution in [2.75, 3.05) is 26.7 Å². The molecule has 1 aliphatic heterocycles. The Labute approximate surface area is 129 Å². The zero-order chi connectivity index (χ0) is 15.7. The lowest BCUT2D eigenvalue weighted by Gasteiger charge is -2.37. The minimum Gasteiger partial charge on any atom is -0.506 e. The summed E-state index contributed by atoms with van der Waals surface area (Å²) in [6, 6.07) is 3.58. The molecule has 1 saturated heterocycles. The second kappa shape index (κ2) is 6.02. The van der Waals surface area contributed by atoms with Gasteiger partial charge in [0.15, 0.2) is 5.82 Å². The molecule has 0 saturated carbocycles. The predicted octanol–water partition coefficient (Wildman–Crippen LogP) is 1.28. The van der Waals surface area contributed by atoms with Crippen LogP contribution in [0.3, 0.4) is 0 Å². The molecule has 118 valence electrons. The van der Waals surface area contributed by atoms with Gasteiger partial charge < -0.3 is 9.63 Å². The molecule has 0 bridgehead atoms. The highest BCUT2D eigenvalue weighted by Crippen LogP contribution is 2.25. The molecule has 0 aliphatic carbocycles. The van der Waals surface area contributed by atoms with E-state index >= 15 is 0 Å². The molecular weight excluding hydrogens is 282 g/mol. The largest absolute Gasteiger partial charge is 0.506 e. The molecule has 2 aromatic heterocycles. The standard InChI is InChI=1S/C15H21N5O2/c1-10-4-5-14(21)12(16-10)8-20-7-6-19(3)13(9-20)15-17-11(2)18-22-15/h4-5,13,21H,6-9H2,1-3H3. The molecule has 1 atom stereocenters. The molecule has 0 aromatic carbocycles. The number of hydrogen-bond donors (Lipinski definition) is 1. The number of piperazine rings is 1. The minimum atomic E-state index is 0.0712. The van der Waals surface area contributed by atoms with Gasteiger partial charge in [-0.25, -0.2) is 0 Å². The SMILES string of the molecule is Cc1ccc(O)c(CN2CCN(C)C(c3nc(C)no3)C2)n1. The Hall–Kier alpha value is -1.99. The Morgan fingerprint density at radius 1 is 1.27 bits per heavy atom. The van der Waals surface area contributed by atoms with Gasteiger partial charge in [0.05, 0.1) is 5.69 Å². The summed E-state index contributed by atoms with van der Waals surface area (Å²) in [7, 11) is 2.06. The molecule has 0 radical (unpaired) electrons. The normalized spacial score (nSPS) is 20.4. The maximum atomic E-state index is 9.96. The van der Waals surface area contributed by atoms with Gasteiger partial charge in [0.25, 0.3) is 0 Å². The Kier molecular flexibility index (Phi) is 4.08. The van der Waals surface area contributed by atoms with Crippen LogP contribution in [0.4, 0.5) is 0 Å². The molecule has 1 fully saturated rings. The van der Waals surface area contributed by atoms with Crippen molar-refractivity contribution in [2.45, 2.75) is 26.4 Å². The van der Waals surface area contributed by atoms with Gasteiger partial charge in [0.2, 0.25) is 5.89 Å². The van der Waals surface area contributed by atoms with Crippen LogP contribution in [-0.2, 0) is 6.54 Å². The number of likely N-dealkylation sites (N-methyl/N-ethyl adjacent to an activating group) is 1. The lowest BCUT2D eigenvalue weighted by Crippen LogP contribution is -2.46. The van der Waals surface area contributed by atoms with Crippen LogP contribution in [0, 0.1) is 13.8 Å². The van der Waals surface area contributed by atoms with Crippen molar-refractivity contribution in [1.29, 1.82) is 0 Å². The van der Waals surface area contributed by atoms with Gasteiger partial charge in [-0.3, -0.25) is 14.8 Å². The van der Waals surface area contributed by atoms with E-state index in [4.69, 9.17) is 4.52 Å². The zero-order valence-electron chi connectivity index (χ0n) is 13.2. The summed E-state index contributed by atoms with van der Waals surface area (Å²) in [5, 5.41) is 13.8. The van der Waals surface area contributed by atoms with Crippen molar-refractivity contribution >= 4 is 0 Å². The lowest BCUT2D eigenvalue weighted by molar-refractivity contribution is 0.0702. The summed E-state index contributed by atoms with van der Waals surface area (Å²) in [5.41, 5.74) is 1.62. The monoisotopic (exact) mass is 303 g/mol. The molecule has 3 heterocycles. The summed E-state index contributed by atoms with van der Waals surface area (Å²) in [4.78, 5) is 13.2. The van der Waals surface area contributed by atoms with Crippen LogP contribution in [-0.4, -0.2) is 56.7 Å². The third-order valence-electron chi connectivity index (χ3n) is 4.02. The van der Waals surface area contributed by atoms with Crippen molar-refractivity contribution in [3.8, 4) is 5.75 Å². The third-order valence-corrected chi connectivity index (χ3v) is 4.02. The molecule has 3 rings (SSSR count). The first-order valence-electron chi connectivity index (χ1n) is 7.41. The quantitative estimate of drug-likeness (QED) is 0.915. The number of aryl methyl sites for hydroxylation is 2. The Morgan fingerprint density at radius 2 is 2.09 bits per heavy atom. The van der Waals surface area contributed by atoms with E-state index < -0.39 is 0 Å². The van der Waals surface area contributed by atoms with Crippen LogP contribution in [0.5, 0.6) is 5.75 Å². The molecule has 0 spiro atoms. The predicted molar refractivity (Wildman–Crippen MR) is 80.3 cm³/mol. The molecule has 7 nitrogen and oxygen atoms in total. The number of aromatic nitrogens is 3. The van der Waals surface area contributed by atoms with Crippen LogP contribution < -0.4 is 0 Å². The molecule has 1 unspecified atom stereocenters. The highest BCUT2D eigenvalue weighted by molar-refractivity contribution is 5.27. The van der Waals surface area contributed by atoms with E-state index in [0.717, 1.165) is 25.3 Å². The Bertz CT molecular complexity index is 657. The van der Waals surface area contributed by atoms with Crippen molar-refractivity contribution in [3.63, 3.8) is 0 Å². The van der Waals surface area contributed by atoms with Crippen LogP contribution >= 0.6 is 0 Å². The summed E-state index contributed by atoms with van der Waals surface area (Å²) in [6.07, 6.45) is 0. The molecule has 1 aliphatic rings. The average molecular weight is 303 g/mol. The van der Waals surface area contributed by atoms with Crippen molar-refractivity contribution in [2.24, 2.45) is 0 Å². The Balaban J connectivity index is 1.74. The second-order valence-electron chi connectivity index (χ2n) is 5.83. The Morgan fingerprint density at radius 3 is 2.82 bits per heavy atom. The number of hydrogen-bond acceptors (Lipinski definition) is 7. The van der Waals surface area contributed by atoms with Crippen molar-refractivity contribution in [1.82, 2.24) is 24.9 Å². The van der Waals surface area contributed by atoms with Crippen molar-refractivity contribution in [3.05, 3.63) is 35.2 Å². The fourth-order valence-electron chi connectivity index (χ4n) is 2.72. The minimum absolute atomic E-state index is 0.0712. The van der Waals surface area contributed by atoms with Gasteiger partial charge in [-0.05, 0) is 33.0 Å².